The van der Waals surface area contributed by atoms with Crippen LogP contribution in [0, 0.1) is 23.6 Å². The Labute approximate surface area is 215 Å². The molecule has 10 nitrogen and oxygen atoms in total. The first-order valence-electron chi connectivity index (χ1n) is 12.3. The Morgan fingerprint density at radius 2 is 2.03 bits per heavy atom. The standard InChI is InChI=1S/C26H25F2N7O3/c1-38-22-8-16(18(27)12-30-22)20-9-21(33-32-20)25(37)35-5-4-14(24(29)36)10-26(35)11-15(26)6-13-2-3-19-17(7-13)23(28)34-31-19/h2-3,7-9,12,14-15H,4-6,10-11H2,1H3,(H2,29,36)(H,31,34)(H,32,33). The van der Waals surface area contributed by atoms with Gasteiger partial charge in [0.15, 0.2) is 5.82 Å². The molecule has 1 saturated carbocycles. The van der Waals surface area contributed by atoms with Crippen LogP contribution in [0.4, 0.5) is 8.78 Å². The maximum Gasteiger partial charge on any atom is 0.272 e. The average Bonchev–Trinajstić information content (AvgIpc) is 3.23. The van der Waals surface area contributed by atoms with Gasteiger partial charge in [0.1, 0.15) is 5.69 Å². The number of likely N-dealkylation sites (tertiary alicyclic amines) is 1. The zero-order valence-electron chi connectivity index (χ0n) is 20.5. The number of benzene rings is 1. The number of H-pyrrole nitrogens is 2. The fraction of sp³-hybridized carbons (Fsp3) is 0.346. The number of rotatable bonds is 6. The molecular formula is C26H25F2N7O3. The van der Waals surface area contributed by atoms with Gasteiger partial charge in [-0.1, -0.05) is 6.07 Å². The van der Waals surface area contributed by atoms with E-state index in [1.165, 1.54) is 19.2 Å². The molecule has 1 aliphatic carbocycles. The van der Waals surface area contributed by atoms with Crippen molar-refractivity contribution < 1.29 is 23.1 Å². The molecule has 4 heterocycles. The normalized spacial score (nSPS) is 22.7. The highest BCUT2D eigenvalue weighted by Gasteiger charge is 2.62. The molecule has 3 atom stereocenters. The molecule has 2 aliphatic rings. The van der Waals surface area contributed by atoms with Gasteiger partial charge in [-0.25, -0.2) is 9.37 Å². The maximum absolute atomic E-state index is 14.4. The van der Waals surface area contributed by atoms with Gasteiger partial charge in [-0.15, -0.1) is 0 Å². The zero-order valence-corrected chi connectivity index (χ0v) is 20.5. The van der Waals surface area contributed by atoms with Crippen molar-refractivity contribution in [3.05, 3.63) is 59.6 Å². The summed E-state index contributed by atoms with van der Waals surface area (Å²) in [6.07, 6.45) is 3.24. The summed E-state index contributed by atoms with van der Waals surface area (Å²) >= 11 is 0. The van der Waals surface area contributed by atoms with E-state index in [1.54, 1.807) is 17.0 Å². The first kappa shape index (κ1) is 24.0. The molecule has 0 radical (unpaired) electrons. The number of ether oxygens (including phenoxy) is 1. The van der Waals surface area contributed by atoms with Gasteiger partial charge in [-0.2, -0.15) is 14.6 Å². The number of hydrogen-bond donors (Lipinski definition) is 3. The highest BCUT2D eigenvalue weighted by atomic mass is 19.1. The van der Waals surface area contributed by atoms with Crippen LogP contribution in [0.15, 0.2) is 36.5 Å². The van der Waals surface area contributed by atoms with E-state index in [0.29, 0.717) is 43.1 Å². The second-order valence-electron chi connectivity index (χ2n) is 10.0. The lowest BCUT2D eigenvalue weighted by Gasteiger charge is -2.40. The highest BCUT2D eigenvalue weighted by molar-refractivity contribution is 5.94. The number of halogens is 2. The predicted octanol–water partition coefficient (Wildman–Crippen LogP) is 2.97. The molecule has 6 rings (SSSR count). The van der Waals surface area contributed by atoms with Gasteiger partial charge in [0, 0.05) is 29.6 Å². The van der Waals surface area contributed by atoms with Gasteiger partial charge in [0.25, 0.3) is 5.91 Å². The number of fused-ring (bicyclic) bond motifs is 1. The van der Waals surface area contributed by atoms with Gasteiger partial charge < -0.3 is 15.4 Å². The minimum absolute atomic E-state index is 0.0605. The number of piperidine rings is 1. The topological polar surface area (TPSA) is 143 Å². The number of pyridine rings is 1. The summed E-state index contributed by atoms with van der Waals surface area (Å²) < 4.78 is 33.6. The largest absolute Gasteiger partial charge is 0.481 e. The van der Waals surface area contributed by atoms with Crippen LogP contribution in [-0.2, 0) is 11.2 Å². The lowest BCUT2D eigenvalue weighted by molar-refractivity contribution is -0.124. The summed E-state index contributed by atoms with van der Waals surface area (Å²) in [6, 6.07) is 8.33. The van der Waals surface area contributed by atoms with Gasteiger partial charge in [0.2, 0.25) is 17.7 Å². The van der Waals surface area contributed by atoms with Crippen LogP contribution < -0.4 is 10.5 Å². The van der Waals surface area contributed by atoms with E-state index in [9.17, 15) is 18.4 Å². The molecule has 1 spiro atoms. The number of nitrogens with two attached hydrogens (primary N) is 1. The number of aromatic nitrogens is 5. The Bertz CT molecular complexity index is 1570. The minimum atomic E-state index is -0.594. The average molecular weight is 522 g/mol. The summed E-state index contributed by atoms with van der Waals surface area (Å²) in [5.41, 5.74) is 7.16. The molecule has 12 heteroatoms. The number of primary amides is 1. The van der Waals surface area contributed by atoms with Gasteiger partial charge >= 0.3 is 0 Å². The predicted molar refractivity (Wildman–Crippen MR) is 132 cm³/mol. The van der Waals surface area contributed by atoms with E-state index in [-0.39, 0.29) is 46.5 Å². The van der Waals surface area contributed by atoms with E-state index in [0.717, 1.165) is 11.8 Å². The summed E-state index contributed by atoms with van der Waals surface area (Å²) in [7, 11) is 1.43. The molecule has 196 valence electrons. The van der Waals surface area contributed by atoms with Crippen LogP contribution in [0.3, 0.4) is 0 Å². The number of methoxy groups -OCH3 is 1. The van der Waals surface area contributed by atoms with Crippen molar-refractivity contribution >= 4 is 22.7 Å². The van der Waals surface area contributed by atoms with E-state index >= 15 is 0 Å². The van der Waals surface area contributed by atoms with Crippen LogP contribution in [0.25, 0.3) is 22.2 Å². The minimum Gasteiger partial charge on any atom is -0.481 e. The Morgan fingerprint density at radius 3 is 2.82 bits per heavy atom. The lowest BCUT2D eigenvalue weighted by atomic mass is 9.86. The number of nitrogens with one attached hydrogen (secondary N) is 2. The van der Waals surface area contributed by atoms with Crippen LogP contribution in [-0.4, -0.2) is 61.3 Å². The Morgan fingerprint density at radius 1 is 1.18 bits per heavy atom. The fourth-order valence-electron chi connectivity index (χ4n) is 5.78. The molecule has 3 aromatic heterocycles. The summed E-state index contributed by atoms with van der Waals surface area (Å²) in [5, 5.41) is 13.6. The fourth-order valence-corrected chi connectivity index (χ4v) is 5.78. The highest BCUT2D eigenvalue weighted by Crippen LogP contribution is 2.57. The van der Waals surface area contributed by atoms with Crippen molar-refractivity contribution in [1.29, 1.82) is 0 Å². The number of nitrogens with zero attached hydrogens (tertiary/aromatic N) is 4. The Kier molecular flexibility index (Phi) is 5.62. The first-order valence-corrected chi connectivity index (χ1v) is 12.3. The SMILES string of the molecule is COc1cc(-c2cc(C(=O)N3CCC(C(N)=O)CC34CC4Cc3ccc4n[nH]c(F)c4c3)[nH]n2)c(F)cn1. The number of hydrogen-bond acceptors (Lipinski definition) is 6. The summed E-state index contributed by atoms with van der Waals surface area (Å²) in [6.45, 7) is 0.351. The third-order valence-electron chi connectivity index (χ3n) is 7.86. The number of aromatic amines is 2. The first-order chi connectivity index (χ1) is 18.3. The van der Waals surface area contributed by atoms with Crippen LogP contribution >= 0.6 is 0 Å². The second-order valence-corrected chi connectivity index (χ2v) is 10.0. The van der Waals surface area contributed by atoms with E-state index < -0.39 is 17.3 Å². The summed E-state index contributed by atoms with van der Waals surface area (Å²) in [5.74, 6) is -1.81. The Balaban J connectivity index is 1.27. The van der Waals surface area contributed by atoms with Crippen LogP contribution in [0.2, 0.25) is 0 Å². The van der Waals surface area contributed by atoms with E-state index in [4.69, 9.17) is 10.5 Å². The van der Waals surface area contributed by atoms with E-state index in [2.05, 4.69) is 25.4 Å². The number of carbonyl (C=O) groups excluding carboxylic acids is 2. The van der Waals surface area contributed by atoms with E-state index in [1.807, 2.05) is 6.07 Å². The second kappa shape index (κ2) is 8.89. The van der Waals surface area contributed by atoms with Crippen molar-refractivity contribution in [3.8, 4) is 17.1 Å². The molecule has 4 N–H and O–H groups in total. The molecule has 3 unspecified atom stereocenters. The van der Waals surface area contributed by atoms with Crippen molar-refractivity contribution in [3.63, 3.8) is 0 Å². The van der Waals surface area contributed by atoms with Crippen molar-refractivity contribution in [2.75, 3.05) is 13.7 Å². The van der Waals surface area contributed by atoms with Gasteiger partial charge in [-0.05, 0) is 55.4 Å². The molecular weight excluding hydrogens is 496 g/mol. The van der Waals surface area contributed by atoms with Crippen LogP contribution in [0.1, 0.15) is 35.3 Å². The summed E-state index contributed by atoms with van der Waals surface area (Å²) in [4.78, 5) is 31.4. The molecule has 0 bridgehead atoms. The molecule has 38 heavy (non-hydrogen) atoms. The van der Waals surface area contributed by atoms with Crippen molar-refractivity contribution in [2.45, 2.75) is 31.2 Å². The monoisotopic (exact) mass is 521 g/mol. The maximum atomic E-state index is 14.4. The smallest absolute Gasteiger partial charge is 0.272 e. The van der Waals surface area contributed by atoms with Gasteiger partial charge in [0.05, 0.1) is 29.9 Å². The molecule has 1 aromatic carbocycles. The third-order valence-corrected chi connectivity index (χ3v) is 7.86. The third kappa shape index (κ3) is 3.96. The molecule has 4 aromatic rings. The van der Waals surface area contributed by atoms with Crippen molar-refractivity contribution in [2.24, 2.45) is 17.6 Å². The number of amides is 2. The number of carbonyl (C=O) groups is 2. The molecule has 1 saturated heterocycles. The zero-order chi connectivity index (χ0) is 26.6. The molecule has 1 aliphatic heterocycles. The van der Waals surface area contributed by atoms with Gasteiger partial charge in [-0.3, -0.25) is 19.8 Å². The molecule has 2 amide bonds. The van der Waals surface area contributed by atoms with Crippen molar-refractivity contribution in [1.82, 2.24) is 30.3 Å². The quantitative estimate of drug-likeness (QED) is 0.356. The van der Waals surface area contributed by atoms with Crippen LogP contribution in [0.5, 0.6) is 5.88 Å². The lowest BCUT2D eigenvalue weighted by Crippen LogP contribution is -2.51. The Hall–Kier alpha value is -4.35. The molecule has 2 fully saturated rings.